The summed E-state index contributed by atoms with van der Waals surface area (Å²) in [6, 6.07) is 7.09. The number of nitrogens with one attached hydrogen (secondary N) is 1. The Balaban J connectivity index is 1.60. The molecule has 1 aliphatic rings. The Bertz CT molecular complexity index is 794. The van der Waals surface area contributed by atoms with Crippen LogP contribution in [0.2, 0.25) is 0 Å². The highest BCUT2D eigenvalue weighted by Crippen LogP contribution is 2.21. The van der Waals surface area contributed by atoms with Gasteiger partial charge in [-0.3, -0.25) is 4.79 Å². The van der Waals surface area contributed by atoms with E-state index in [0.29, 0.717) is 11.4 Å². The highest BCUT2D eigenvalue weighted by atomic mass is 16.5. The smallest absolute Gasteiger partial charge is 0.262 e. The van der Waals surface area contributed by atoms with Crippen molar-refractivity contribution in [3.8, 4) is 11.5 Å². The maximum atomic E-state index is 12.3. The molecule has 0 saturated carbocycles. The van der Waals surface area contributed by atoms with Crippen LogP contribution in [0.1, 0.15) is 11.4 Å². The number of carbonyl (C=O) groups excluding carboxylic acids is 1. The molecule has 0 radical (unpaired) electrons. The van der Waals surface area contributed by atoms with E-state index in [-0.39, 0.29) is 12.5 Å². The van der Waals surface area contributed by atoms with Crippen molar-refractivity contribution >= 4 is 17.5 Å². The van der Waals surface area contributed by atoms with E-state index in [0.717, 1.165) is 49.3 Å². The number of benzene rings is 1. The second-order valence-electron chi connectivity index (χ2n) is 6.87. The van der Waals surface area contributed by atoms with Crippen LogP contribution in [-0.2, 0) is 4.79 Å². The van der Waals surface area contributed by atoms with E-state index in [4.69, 9.17) is 9.47 Å². The molecule has 150 valence electrons. The van der Waals surface area contributed by atoms with E-state index in [1.807, 2.05) is 13.8 Å². The number of likely N-dealkylation sites (N-methyl/N-ethyl adjacent to an activating group) is 1. The molecule has 0 unspecified atom stereocenters. The molecule has 8 nitrogen and oxygen atoms in total. The molecule has 3 rings (SSSR count). The molecule has 1 aromatic heterocycles. The minimum atomic E-state index is -0.252. The number of hydrogen-bond donors (Lipinski definition) is 1. The molecule has 1 aliphatic heterocycles. The van der Waals surface area contributed by atoms with Gasteiger partial charge in [-0.1, -0.05) is 0 Å². The third kappa shape index (κ3) is 4.89. The van der Waals surface area contributed by atoms with Gasteiger partial charge in [-0.15, -0.1) is 0 Å². The average Bonchev–Trinajstić information content (AvgIpc) is 2.70. The van der Waals surface area contributed by atoms with Gasteiger partial charge in [0.1, 0.15) is 11.5 Å². The van der Waals surface area contributed by atoms with Gasteiger partial charge in [0.25, 0.3) is 5.91 Å². The van der Waals surface area contributed by atoms with Crippen LogP contribution in [0, 0.1) is 13.8 Å². The van der Waals surface area contributed by atoms with E-state index in [1.165, 1.54) is 0 Å². The van der Waals surface area contributed by atoms with Crippen LogP contribution >= 0.6 is 0 Å². The molecule has 1 fully saturated rings. The number of aryl methyl sites for hydroxylation is 2. The predicted molar refractivity (Wildman–Crippen MR) is 108 cm³/mol. The quantitative estimate of drug-likeness (QED) is 0.813. The normalized spacial score (nSPS) is 14.6. The molecule has 1 amide bonds. The zero-order chi connectivity index (χ0) is 20.1. The van der Waals surface area contributed by atoms with E-state index in [9.17, 15) is 4.79 Å². The molecule has 2 aromatic rings. The summed E-state index contributed by atoms with van der Waals surface area (Å²) in [6.07, 6.45) is 0. The molecule has 0 spiro atoms. The Hall–Kier alpha value is -2.87. The third-order valence-corrected chi connectivity index (χ3v) is 4.74. The van der Waals surface area contributed by atoms with Crippen molar-refractivity contribution in [1.29, 1.82) is 0 Å². The molecule has 28 heavy (non-hydrogen) atoms. The first-order chi connectivity index (χ1) is 13.5. The average molecular weight is 385 g/mol. The number of carbonyl (C=O) groups is 1. The van der Waals surface area contributed by atoms with Gasteiger partial charge in [0, 0.05) is 26.2 Å². The van der Waals surface area contributed by atoms with Crippen LogP contribution in [0.3, 0.4) is 0 Å². The van der Waals surface area contributed by atoms with Crippen LogP contribution in [0.4, 0.5) is 11.6 Å². The van der Waals surface area contributed by atoms with Crippen molar-refractivity contribution in [2.75, 3.05) is 57.2 Å². The number of ether oxygens (including phenoxy) is 2. The van der Waals surface area contributed by atoms with Crippen molar-refractivity contribution in [1.82, 2.24) is 14.9 Å². The zero-order valence-corrected chi connectivity index (χ0v) is 16.9. The first-order valence-electron chi connectivity index (χ1n) is 9.31. The fraction of sp³-hybridized carbons (Fsp3) is 0.450. The van der Waals surface area contributed by atoms with Crippen LogP contribution in [-0.4, -0.2) is 67.7 Å². The van der Waals surface area contributed by atoms with Gasteiger partial charge in [0.05, 0.1) is 24.2 Å². The molecule has 0 atom stereocenters. The molecule has 0 aliphatic carbocycles. The van der Waals surface area contributed by atoms with Gasteiger partial charge in [0.2, 0.25) is 5.95 Å². The third-order valence-electron chi connectivity index (χ3n) is 4.74. The number of hydrogen-bond acceptors (Lipinski definition) is 7. The molecule has 1 N–H and O–H groups in total. The SMILES string of the molecule is COc1ccc(OCC(=O)Nc2c(C)nc(N3CCN(C)CC3)nc2C)cc1. The van der Waals surface area contributed by atoms with Crippen molar-refractivity contribution in [3.05, 3.63) is 35.7 Å². The Morgan fingerprint density at radius 2 is 1.61 bits per heavy atom. The number of rotatable bonds is 6. The van der Waals surface area contributed by atoms with E-state index >= 15 is 0 Å². The topological polar surface area (TPSA) is 79.8 Å². The summed E-state index contributed by atoms with van der Waals surface area (Å²) in [6.45, 7) is 7.45. The maximum Gasteiger partial charge on any atom is 0.262 e. The highest BCUT2D eigenvalue weighted by Gasteiger charge is 2.19. The van der Waals surface area contributed by atoms with Crippen LogP contribution in [0.15, 0.2) is 24.3 Å². The molecule has 2 heterocycles. The molecule has 0 bridgehead atoms. The second kappa shape index (κ2) is 8.88. The van der Waals surface area contributed by atoms with Crippen molar-refractivity contribution in [3.63, 3.8) is 0 Å². The summed E-state index contributed by atoms with van der Waals surface area (Å²) in [4.78, 5) is 26.0. The van der Waals surface area contributed by atoms with Crippen molar-refractivity contribution in [2.45, 2.75) is 13.8 Å². The van der Waals surface area contributed by atoms with Gasteiger partial charge in [-0.25, -0.2) is 9.97 Å². The van der Waals surface area contributed by atoms with Gasteiger partial charge in [-0.2, -0.15) is 0 Å². The maximum absolute atomic E-state index is 12.3. The summed E-state index contributed by atoms with van der Waals surface area (Å²) in [5.74, 6) is 1.81. The fourth-order valence-electron chi connectivity index (χ4n) is 3.02. The molecule has 8 heteroatoms. The number of nitrogens with zero attached hydrogens (tertiary/aromatic N) is 4. The Kier molecular flexibility index (Phi) is 6.30. The van der Waals surface area contributed by atoms with E-state index < -0.39 is 0 Å². The minimum Gasteiger partial charge on any atom is -0.497 e. The lowest BCUT2D eigenvalue weighted by Crippen LogP contribution is -2.45. The summed E-state index contributed by atoms with van der Waals surface area (Å²) in [7, 11) is 3.71. The zero-order valence-electron chi connectivity index (χ0n) is 16.9. The first kappa shape index (κ1) is 19.9. The summed E-state index contributed by atoms with van der Waals surface area (Å²) >= 11 is 0. The number of anilines is 2. The molecular formula is C20H27N5O3. The predicted octanol–water partition coefficient (Wildman–Crippen LogP) is 1.87. The van der Waals surface area contributed by atoms with Gasteiger partial charge < -0.3 is 24.6 Å². The van der Waals surface area contributed by atoms with Crippen molar-refractivity contribution in [2.24, 2.45) is 0 Å². The van der Waals surface area contributed by atoms with E-state index in [2.05, 4.69) is 32.1 Å². The second-order valence-corrected chi connectivity index (χ2v) is 6.87. The lowest BCUT2D eigenvalue weighted by molar-refractivity contribution is -0.118. The molecule has 1 saturated heterocycles. The fourth-order valence-corrected chi connectivity index (χ4v) is 3.02. The largest absolute Gasteiger partial charge is 0.497 e. The first-order valence-corrected chi connectivity index (χ1v) is 9.31. The van der Waals surface area contributed by atoms with Crippen LogP contribution < -0.4 is 19.7 Å². The summed E-state index contributed by atoms with van der Waals surface area (Å²) < 4.78 is 10.6. The molecular weight excluding hydrogens is 358 g/mol. The number of amides is 1. The summed E-state index contributed by atoms with van der Waals surface area (Å²) in [5.41, 5.74) is 2.14. The Morgan fingerprint density at radius 1 is 1.04 bits per heavy atom. The lowest BCUT2D eigenvalue weighted by Gasteiger charge is -2.32. The number of piperazine rings is 1. The number of aromatic nitrogens is 2. The Labute approximate surface area is 165 Å². The Morgan fingerprint density at radius 3 is 2.18 bits per heavy atom. The van der Waals surface area contributed by atoms with Crippen molar-refractivity contribution < 1.29 is 14.3 Å². The van der Waals surface area contributed by atoms with Gasteiger partial charge >= 0.3 is 0 Å². The van der Waals surface area contributed by atoms with Gasteiger partial charge in [-0.05, 0) is 45.2 Å². The minimum absolute atomic E-state index is 0.0918. The number of methoxy groups -OCH3 is 1. The standard InChI is InChI=1S/C20H27N5O3/c1-14-19(15(2)22-20(21-14)25-11-9-24(3)10-12-25)23-18(26)13-28-17-7-5-16(27-4)6-8-17/h5-8H,9-13H2,1-4H3,(H,23,26). The molecule has 1 aromatic carbocycles. The van der Waals surface area contributed by atoms with Crippen LogP contribution in [0.5, 0.6) is 11.5 Å². The van der Waals surface area contributed by atoms with E-state index in [1.54, 1.807) is 31.4 Å². The van der Waals surface area contributed by atoms with Crippen LogP contribution in [0.25, 0.3) is 0 Å². The summed E-state index contributed by atoms with van der Waals surface area (Å²) in [5, 5.41) is 2.87. The monoisotopic (exact) mass is 385 g/mol. The lowest BCUT2D eigenvalue weighted by atomic mass is 10.2. The van der Waals surface area contributed by atoms with Gasteiger partial charge in [0.15, 0.2) is 6.61 Å². The highest BCUT2D eigenvalue weighted by molar-refractivity contribution is 5.93.